The van der Waals surface area contributed by atoms with Crippen LogP contribution in [0.1, 0.15) is 127 Å². The van der Waals surface area contributed by atoms with E-state index in [2.05, 4.69) is 52.0 Å². The molecule has 1 fully saturated rings. The normalized spacial score (nSPS) is 19.3. The first kappa shape index (κ1) is 39.9. The number of hydrogen-bond donors (Lipinski definition) is 2. The van der Waals surface area contributed by atoms with Gasteiger partial charge in [-0.05, 0) is 61.1 Å². The van der Waals surface area contributed by atoms with E-state index in [9.17, 15) is 10.4 Å². The van der Waals surface area contributed by atoms with Crippen LogP contribution in [0, 0.1) is 0 Å². The topological polar surface area (TPSA) is 77.4 Å². The van der Waals surface area contributed by atoms with Gasteiger partial charge in [-0.1, -0.05) is 91.9 Å². The Kier molecular flexibility index (Phi) is 17.4. The Bertz CT molecular complexity index is 1120. The van der Waals surface area contributed by atoms with Crippen LogP contribution < -0.4 is 18.9 Å². The molecule has 2 aromatic rings. The first-order valence-electron chi connectivity index (χ1n) is 19.1. The molecule has 48 heavy (non-hydrogen) atoms. The van der Waals surface area contributed by atoms with Gasteiger partial charge in [-0.15, -0.1) is 0 Å². The molecule has 8 heteroatoms. The van der Waals surface area contributed by atoms with E-state index in [1.807, 2.05) is 0 Å². The number of methoxy groups -OCH3 is 2. The maximum absolute atomic E-state index is 11.9. The molecule has 0 bridgehead atoms. The highest BCUT2D eigenvalue weighted by molar-refractivity contribution is 5.50. The predicted molar refractivity (Wildman–Crippen MR) is 193 cm³/mol. The molecule has 3 rings (SSSR count). The van der Waals surface area contributed by atoms with Gasteiger partial charge in [0.25, 0.3) is 0 Å². The van der Waals surface area contributed by atoms with Crippen molar-refractivity contribution in [2.45, 2.75) is 131 Å². The summed E-state index contributed by atoms with van der Waals surface area (Å²) in [5.74, 6) is 2.93. The van der Waals surface area contributed by atoms with Crippen LogP contribution in [0.5, 0.6) is 23.0 Å². The molecule has 2 N–H and O–H groups in total. The van der Waals surface area contributed by atoms with Crippen molar-refractivity contribution in [3.8, 4) is 23.0 Å². The van der Waals surface area contributed by atoms with Crippen molar-refractivity contribution >= 4 is 0 Å². The second kappa shape index (κ2) is 20.9. The molecule has 1 saturated heterocycles. The van der Waals surface area contributed by atoms with Crippen molar-refractivity contribution in [3.63, 3.8) is 0 Å². The number of benzene rings is 2. The highest BCUT2D eigenvalue weighted by atomic mass is 16.6. The van der Waals surface area contributed by atoms with Crippen molar-refractivity contribution < 1.29 is 38.7 Å². The predicted octanol–water partition coefficient (Wildman–Crippen LogP) is 9.43. The minimum atomic E-state index is -0.149. The summed E-state index contributed by atoms with van der Waals surface area (Å²) in [5.41, 5.74) is 4.23. The molecule has 0 aromatic heterocycles. The maximum atomic E-state index is 11.9. The molecular weight excluding hydrogens is 604 g/mol. The molecular formula is C40H68N2O6+2. The lowest BCUT2D eigenvalue weighted by Gasteiger charge is -2.41. The van der Waals surface area contributed by atoms with Crippen molar-refractivity contribution in [2.75, 3.05) is 53.6 Å². The summed E-state index contributed by atoms with van der Waals surface area (Å²) in [4.78, 5) is 0. The summed E-state index contributed by atoms with van der Waals surface area (Å²) in [7, 11) is 3.37. The molecule has 1 aliphatic heterocycles. The molecule has 1 heterocycles. The van der Waals surface area contributed by atoms with Gasteiger partial charge in [0.1, 0.15) is 13.1 Å². The largest absolute Gasteiger partial charge is 0.493 e. The lowest BCUT2D eigenvalue weighted by atomic mass is 10.0. The third kappa shape index (κ3) is 12.4. The monoisotopic (exact) mass is 673 g/mol. The second-order valence-electron chi connectivity index (χ2n) is 13.9. The zero-order valence-corrected chi connectivity index (χ0v) is 31.3. The summed E-state index contributed by atoms with van der Waals surface area (Å²) in [6.45, 7) is 12.5. The van der Waals surface area contributed by atoms with Gasteiger partial charge in [0.15, 0.2) is 49.2 Å². The summed E-state index contributed by atoms with van der Waals surface area (Å²) in [6.07, 6.45) is 16.1. The van der Waals surface area contributed by atoms with E-state index < -0.39 is 0 Å². The number of unbranched alkanes of at least 4 members (excludes halogenated alkanes) is 10. The van der Waals surface area contributed by atoms with Gasteiger partial charge in [-0.2, -0.15) is 9.29 Å². The van der Waals surface area contributed by atoms with E-state index >= 15 is 0 Å². The molecule has 0 saturated carbocycles. The minimum absolute atomic E-state index is 0.149. The van der Waals surface area contributed by atoms with E-state index in [0.29, 0.717) is 52.5 Å². The molecule has 1 aliphatic rings. The summed E-state index contributed by atoms with van der Waals surface area (Å²) < 4.78 is 24.0. The smallest absolute Gasteiger partial charge is 0.170 e. The van der Waals surface area contributed by atoms with Crippen LogP contribution in [-0.4, -0.2) is 73.3 Å². The zero-order valence-electron chi connectivity index (χ0n) is 31.3. The minimum Gasteiger partial charge on any atom is -0.493 e. The Morgan fingerprint density at radius 2 is 0.875 bits per heavy atom. The number of hydroxylamine groups is 6. The summed E-state index contributed by atoms with van der Waals surface area (Å²) in [5, 5.41) is 23.8. The Morgan fingerprint density at radius 3 is 1.21 bits per heavy atom. The number of nitrogens with zero attached hydrogens (tertiary/aromatic N) is 2. The molecule has 0 atom stereocenters. The van der Waals surface area contributed by atoms with E-state index in [1.54, 1.807) is 14.2 Å². The molecule has 0 amide bonds. The summed E-state index contributed by atoms with van der Waals surface area (Å²) >= 11 is 0. The number of quaternary nitrogens is 2. The van der Waals surface area contributed by atoms with Crippen molar-refractivity contribution in [3.05, 3.63) is 46.5 Å². The van der Waals surface area contributed by atoms with E-state index in [1.165, 1.54) is 51.4 Å². The lowest BCUT2D eigenvalue weighted by Crippen LogP contribution is -2.63. The molecule has 0 radical (unpaired) electrons. The molecule has 0 aliphatic carbocycles. The van der Waals surface area contributed by atoms with Crippen LogP contribution in [0.15, 0.2) is 24.3 Å². The lowest BCUT2D eigenvalue weighted by molar-refractivity contribution is -1.20. The number of rotatable bonds is 24. The van der Waals surface area contributed by atoms with Crippen LogP contribution in [0.4, 0.5) is 0 Å². The van der Waals surface area contributed by atoms with E-state index in [0.717, 1.165) is 83.8 Å². The first-order valence-corrected chi connectivity index (χ1v) is 19.1. The van der Waals surface area contributed by atoms with Gasteiger partial charge in [0.2, 0.25) is 0 Å². The van der Waals surface area contributed by atoms with Crippen molar-refractivity contribution in [1.82, 2.24) is 0 Å². The van der Waals surface area contributed by atoms with Gasteiger partial charge in [-0.25, -0.2) is 10.4 Å². The van der Waals surface area contributed by atoms with Crippen LogP contribution in [0.3, 0.4) is 0 Å². The van der Waals surface area contributed by atoms with Gasteiger partial charge in [0, 0.05) is 0 Å². The second-order valence-corrected chi connectivity index (χ2v) is 13.9. The summed E-state index contributed by atoms with van der Waals surface area (Å²) in [6, 6.07) is 8.42. The quantitative estimate of drug-likeness (QED) is 0.0855. The fraction of sp³-hybridized carbons (Fsp3) is 0.700. The van der Waals surface area contributed by atoms with Gasteiger partial charge in [0.05, 0.1) is 38.6 Å². The van der Waals surface area contributed by atoms with Crippen molar-refractivity contribution in [1.29, 1.82) is 0 Å². The average Bonchev–Trinajstić information content (AvgIpc) is 3.09. The molecule has 0 spiro atoms. The third-order valence-electron chi connectivity index (χ3n) is 9.92. The fourth-order valence-electron chi connectivity index (χ4n) is 6.75. The average molecular weight is 673 g/mol. The fourth-order valence-corrected chi connectivity index (χ4v) is 6.75. The Morgan fingerprint density at radius 1 is 0.521 bits per heavy atom. The number of ether oxygens (including phenoxy) is 4. The van der Waals surface area contributed by atoms with Crippen LogP contribution >= 0.6 is 0 Å². The van der Waals surface area contributed by atoms with Crippen LogP contribution in [0.25, 0.3) is 0 Å². The maximum Gasteiger partial charge on any atom is 0.170 e. The molecule has 2 aromatic carbocycles. The SMILES string of the molecule is CCCCCCCCOc1c(C[N+]2(O)CC[N+](O)(Cc3cc(CC)cc(OC)c3OCCCCCCCC)CC2)cc(CC)cc1OC. The molecule has 272 valence electrons. The van der Waals surface area contributed by atoms with E-state index in [-0.39, 0.29) is 9.29 Å². The number of hydrogen-bond acceptors (Lipinski definition) is 6. The van der Waals surface area contributed by atoms with Gasteiger partial charge < -0.3 is 18.9 Å². The molecule has 0 unspecified atom stereocenters. The third-order valence-corrected chi connectivity index (χ3v) is 9.92. The standard InChI is InChI=1S/C40H68N2O6/c1-7-11-13-15-17-19-25-47-39-35(27-33(9-3)29-37(39)45-5)31-41(43)21-23-42(44,24-22-41)32-36-28-34(10-4)30-38(46-6)40(36)48-26-20-18-16-14-12-8-2/h27-30,43-44H,7-26,31-32H2,1-6H3/q+2. The van der Waals surface area contributed by atoms with Crippen LogP contribution in [0.2, 0.25) is 0 Å². The van der Waals surface area contributed by atoms with Gasteiger partial charge in [-0.3, -0.25) is 0 Å². The molecule has 8 nitrogen and oxygen atoms in total. The van der Waals surface area contributed by atoms with Crippen LogP contribution in [-0.2, 0) is 25.9 Å². The Balaban J connectivity index is 1.70. The van der Waals surface area contributed by atoms with Gasteiger partial charge >= 0.3 is 0 Å². The van der Waals surface area contributed by atoms with E-state index in [4.69, 9.17) is 18.9 Å². The number of aryl methyl sites for hydroxylation is 2. The highest BCUT2D eigenvalue weighted by Gasteiger charge is 2.43. The first-order chi connectivity index (χ1) is 23.2. The Labute approximate surface area is 292 Å². The Hall–Kier alpha value is -2.52. The number of piperazine rings is 1. The highest BCUT2D eigenvalue weighted by Crippen LogP contribution is 2.38. The zero-order chi connectivity index (χ0) is 34.8. The van der Waals surface area contributed by atoms with Crippen molar-refractivity contribution in [2.24, 2.45) is 0 Å².